The fourth-order valence-corrected chi connectivity index (χ4v) is 3.62. The predicted octanol–water partition coefficient (Wildman–Crippen LogP) is 2.56. The van der Waals surface area contributed by atoms with Crippen LogP contribution in [-0.4, -0.2) is 68.8 Å². The lowest BCUT2D eigenvalue weighted by Gasteiger charge is -2.34. The van der Waals surface area contributed by atoms with Gasteiger partial charge in [-0.25, -0.2) is 4.79 Å². The summed E-state index contributed by atoms with van der Waals surface area (Å²) in [6.07, 6.45) is 2.26. The average Bonchev–Trinajstić information content (AvgIpc) is 2.61. The molecular formula is C21H34N4O2. The summed E-state index contributed by atoms with van der Waals surface area (Å²) in [5.74, 6) is -0.265. The number of esters is 1. The van der Waals surface area contributed by atoms with E-state index in [-0.39, 0.29) is 5.97 Å². The van der Waals surface area contributed by atoms with Crippen LogP contribution in [0.4, 0.5) is 11.4 Å². The van der Waals surface area contributed by atoms with Crippen LogP contribution < -0.4 is 15.5 Å². The van der Waals surface area contributed by atoms with Crippen LogP contribution in [0.3, 0.4) is 0 Å². The minimum atomic E-state index is -0.503. The molecule has 2 N–H and O–H groups in total. The van der Waals surface area contributed by atoms with Gasteiger partial charge in [0.05, 0.1) is 11.3 Å². The number of piperidine rings is 1. The van der Waals surface area contributed by atoms with E-state index in [1.54, 1.807) is 0 Å². The maximum atomic E-state index is 12.8. The highest BCUT2D eigenvalue weighted by Crippen LogP contribution is 2.28. The molecule has 0 radical (unpaired) electrons. The molecule has 1 unspecified atom stereocenters. The summed E-state index contributed by atoms with van der Waals surface area (Å²) in [6.45, 7) is 11.8. The molecule has 0 saturated carbocycles. The predicted molar refractivity (Wildman–Crippen MR) is 111 cm³/mol. The van der Waals surface area contributed by atoms with Gasteiger partial charge in [-0.3, -0.25) is 0 Å². The molecular weight excluding hydrogens is 340 g/mol. The lowest BCUT2D eigenvalue weighted by atomic mass is 10.0. The van der Waals surface area contributed by atoms with Gasteiger partial charge in [-0.2, -0.15) is 0 Å². The van der Waals surface area contributed by atoms with E-state index < -0.39 is 5.60 Å². The topological polar surface area (TPSA) is 56.8 Å². The van der Waals surface area contributed by atoms with E-state index in [1.807, 2.05) is 26.8 Å². The largest absolute Gasteiger partial charge is 0.456 e. The van der Waals surface area contributed by atoms with E-state index in [0.29, 0.717) is 11.6 Å². The Morgan fingerprint density at radius 1 is 1.22 bits per heavy atom. The first kappa shape index (κ1) is 20.0. The number of ether oxygens (including phenoxy) is 1. The van der Waals surface area contributed by atoms with Gasteiger partial charge >= 0.3 is 5.97 Å². The van der Waals surface area contributed by atoms with Crippen molar-refractivity contribution < 1.29 is 9.53 Å². The zero-order valence-corrected chi connectivity index (χ0v) is 17.2. The number of carbonyl (C=O) groups excluding carboxylic acids is 1. The molecule has 6 heteroatoms. The summed E-state index contributed by atoms with van der Waals surface area (Å²) >= 11 is 0. The molecule has 6 nitrogen and oxygen atoms in total. The molecule has 0 spiro atoms. The molecule has 0 aromatic heterocycles. The summed E-state index contributed by atoms with van der Waals surface area (Å²) in [7, 11) is 2.16. The van der Waals surface area contributed by atoms with Crippen molar-refractivity contribution in [3.05, 3.63) is 23.8 Å². The number of rotatable bonds is 4. The van der Waals surface area contributed by atoms with Gasteiger partial charge in [-0.15, -0.1) is 0 Å². The van der Waals surface area contributed by atoms with Crippen LogP contribution in [0.15, 0.2) is 18.2 Å². The van der Waals surface area contributed by atoms with Crippen LogP contribution in [0.25, 0.3) is 0 Å². The SMILES string of the molecule is CN1CCN(c2ccc(C(=O)OC(C)(C)C)c(NC3CCCNC3)c2)CC1. The number of carbonyl (C=O) groups is 1. The van der Waals surface area contributed by atoms with Crippen LogP contribution in [0.5, 0.6) is 0 Å². The van der Waals surface area contributed by atoms with Gasteiger partial charge in [0.15, 0.2) is 0 Å². The number of anilines is 2. The van der Waals surface area contributed by atoms with Gasteiger partial charge in [0.25, 0.3) is 0 Å². The summed E-state index contributed by atoms with van der Waals surface area (Å²) < 4.78 is 5.64. The molecule has 1 aromatic rings. The van der Waals surface area contributed by atoms with Crippen LogP contribution in [0.1, 0.15) is 44.0 Å². The van der Waals surface area contributed by atoms with E-state index in [9.17, 15) is 4.79 Å². The first-order chi connectivity index (χ1) is 12.8. The van der Waals surface area contributed by atoms with Gasteiger partial charge in [-0.05, 0) is 65.4 Å². The highest BCUT2D eigenvalue weighted by Gasteiger charge is 2.24. The summed E-state index contributed by atoms with van der Waals surface area (Å²) in [4.78, 5) is 17.5. The monoisotopic (exact) mass is 374 g/mol. The molecule has 0 aliphatic carbocycles. The lowest BCUT2D eigenvalue weighted by molar-refractivity contribution is 0.00706. The van der Waals surface area contributed by atoms with Crippen LogP contribution in [0, 0.1) is 0 Å². The molecule has 1 aromatic carbocycles. The van der Waals surface area contributed by atoms with Crippen LogP contribution in [0.2, 0.25) is 0 Å². The van der Waals surface area contributed by atoms with E-state index in [0.717, 1.165) is 57.8 Å². The Kier molecular flexibility index (Phi) is 6.27. The molecule has 2 saturated heterocycles. The number of hydrogen-bond donors (Lipinski definition) is 2. The van der Waals surface area contributed by atoms with Crippen molar-refractivity contribution in [2.75, 3.05) is 56.5 Å². The van der Waals surface area contributed by atoms with Crippen LogP contribution in [-0.2, 0) is 4.74 Å². The Morgan fingerprint density at radius 2 is 1.96 bits per heavy atom. The standard InChI is InChI=1S/C21H34N4O2/c1-21(2,3)27-20(26)18-8-7-17(25-12-10-24(4)11-13-25)14-19(18)23-16-6-5-9-22-15-16/h7-8,14,16,22-23H,5-6,9-13,15H2,1-4H3. The molecule has 1 atom stereocenters. The van der Waals surface area contributed by atoms with Gasteiger partial charge in [-0.1, -0.05) is 0 Å². The zero-order chi connectivity index (χ0) is 19.4. The Bertz CT molecular complexity index is 642. The van der Waals surface area contributed by atoms with Gasteiger partial charge in [0.1, 0.15) is 5.60 Å². The minimum absolute atomic E-state index is 0.265. The minimum Gasteiger partial charge on any atom is -0.456 e. The smallest absolute Gasteiger partial charge is 0.340 e. The third-order valence-corrected chi connectivity index (χ3v) is 5.15. The van der Waals surface area contributed by atoms with E-state index >= 15 is 0 Å². The normalized spacial score (nSPS) is 21.8. The van der Waals surface area contributed by atoms with E-state index in [1.165, 1.54) is 5.69 Å². The Labute approximate surface area is 163 Å². The fourth-order valence-electron chi connectivity index (χ4n) is 3.62. The Balaban J connectivity index is 1.83. The first-order valence-corrected chi connectivity index (χ1v) is 10.1. The first-order valence-electron chi connectivity index (χ1n) is 10.1. The number of benzene rings is 1. The second kappa shape index (κ2) is 8.48. The van der Waals surface area contributed by atoms with E-state index in [4.69, 9.17) is 4.74 Å². The molecule has 150 valence electrons. The summed E-state index contributed by atoms with van der Waals surface area (Å²) in [5, 5.41) is 7.03. The second-order valence-corrected chi connectivity index (χ2v) is 8.71. The Morgan fingerprint density at radius 3 is 2.59 bits per heavy atom. The second-order valence-electron chi connectivity index (χ2n) is 8.71. The molecule has 2 heterocycles. The molecule has 27 heavy (non-hydrogen) atoms. The third-order valence-electron chi connectivity index (χ3n) is 5.15. The summed E-state index contributed by atoms with van der Waals surface area (Å²) in [6, 6.07) is 6.43. The number of hydrogen-bond acceptors (Lipinski definition) is 6. The highest BCUT2D eigenvalue weighted by atomic mass is 16.6. The van der Waals surface area contributed by atoms with Crippen molar-refractivity contribution in [2.45, 2.75) is 45.3 Å². The maximum Gasteiger partial charge on any atom is 0.340 e. The maximum absolute atomic E-state index is 12.8. The molecule has 2 aliphatic heterocycles. The van der Waals surface area contributed by atoms with Crippen molar-refractivity contribution in [1.29, 1.82) is 0 Å². The van der Waals surface area contributed by atoms with Gasteiger partial charge in [0, 0.05) is 44.5 Å². The van der Waals surface area contributed by atoms with E-state index in [2.05, 4.69) is 39.6 Å². The number of nitrogens with one attached hydrogen (secondary N) is 2. The average molecular weight is 375 g/mol. The summed E-state index contributed by atoms with van der Waals surface area (Å²) in [5.41, 5.74) is 2.17. The molecule has 2 fully saturated rings. The van der Waals surface area contributed by atoms with Gasteiger partial charge < -0.3 is 25.2 Å². The van der Waals surface area contributed by atoms with Crippen molar-refractivity contribution >= 4 is 17.3 Å². The molecule has 2 aliphatic rings. The molecule has 0 bridgehead atoms. The van der Waals surface area contributed by atoms with Crippen molar-refractivity contribution in [3.8, 4) is 0 Å². The highest BCUT2D eigenvalue weighted by molar-refractivity contribution is 5.96. The van der Waals surface area contributed by atoms with Gasteiger partial charge in [0.2, 0.25) is 0 Å². The fraction of sp³-hybridized carbons (Fsp3) is 0.667. The molecule has 0 amide bonds. The van der Waals surface area contributed by atoms with Crippen molar-refractivity contribution in [2.24, 2.45) is 0 Å². The van der Waals surface area contributed by atoms with Crippen molar-refractivity contribution in [1.82, 2.24) is 10.2 Å². The quantitative estimate of drug-likeness (QED) is 0.790. The zero-order valence-electron chi connectivity index (χ0n) is 17.2. The van der Waals surface area contributed by atoms with Crippen molar-refractivity contribution in [3.63, 3.8) is 0 Å². The Hall–Kier alpha value is -1.79. The van der Waals surface area contributed by atoms with Crippen LogP contribution >= 0.6 is 0 Å². The molecule has 3 rings (SSSR count). The number of piperazine rings is 1. The number of likely N-dealkylation sites (N-methyl/N-ethyl adjacent to an activating group) is 1. The number of nitrogens with zero attached hydrogens (tertiary/aromatic N) is 2. The third kappa shape index (κ3) is 5.59. The lowest BCUT2D eigenvalue weighted by Crippen LogP contribution is -2.44.